The van der Waals surface area contributed by atoms with Crippen LogP contribution >= 0.6 is 0 Å². The highest BCUT2D eigenvalue weighted by molar-refractivity contribution is 5.56. The highest BCUT2D eigenvalue weighted by Gasteiger charge is 2.21. The molecule has 0 bridgehead atoms. The van der Waals surface area contributed by atoms with E-state index in [0.717, 1.165) is 50.0 Å². The molecular formula is C23H34N7O. The summed E-state index contributed by atoms with van der Waals surface area (Å²) in [5, 5.41) is 10.4. The second kappa shape index (κ2) is 10.6. The lowest BCUT2D eigenvalue weighted by Crippen LogP contribution is -2.30. The Balaban J connectivity index is 1.51. The van der Waals surface area contributed by atoms with Crippen LogP contribution in [-0.4, -0.2) is 40.2 Å². The van der Waals surface area contributed by atoms with Gasteiger partial charge in [0.1, 0.15) is 5.75 Å². The van der Waals surface area contributed by atoms with Crippen LogP contribution in [0.25, 0.3) is 0 Å². The zero-order valence-corrected chi connectivity index (χ0v) is 18.4. The van der Waals surface area contributed by atoms with Crippen LogP contribution < -0.4 is 26.4 Å². The third-order valence-electron chi connectivity index (χ3n) is 6.23. The molecule has 1 aromatic heterocycles. The molecular weight excluding hydrogens is 390 g/mol. The average Bonchev–Trinajstić information content (AvgIpc) is 3.04. The number of methoxy groups -OCH3 is 1. The SMILES string of the molecule is COc1ccc(Nc2nc(NC3CCCCCC3)nc(NC3CCC([NH])CC3)n2)cc1. The van der Waals surface area contributed by atoms with E-state index in [9.17, 15) is 0 Å². The van der Waals surface area contributed by atoms with Gasteiger partial charge in [-0.3, -0.25) is 5.73 Å². The molecule has 4 rings (SSSR count). The minimum Gasteiger partial charge on any atom is -0.497 e. The first kappa shape index (κ1) is 21.6. The first-order valence-electron chi connectivity index (χ1n) is 11.6. The standard InChI is InChI=1S/C23H34N7O/c1-31-20-14-12-19(13-15-20)27-23-29-21(25-17-6-4-2-3-5-7-17)28-22(30-23)26-18-10-8-16(24)9-11-18/h12-18,24H,2-11H2,1H3,(H3,25,26,27,28,29,30). The van der Waals surface area contributed by atoms with Gasteiger partial charge in [-0.05, 0) is 62.8 Å². The molecule has 1 heterocycles. The van der Waals surface area contributed by atoms with Gasteiger partial charge >= 0.3 is 0 Å². The monoisotopic (exact) mass is 424 g/mol. The van der Waals surface area contributed by atoms with E-state index in [0.29, 0.717) is 29.9 Å². The van der Waals surface area contributed by atoms with Crippen LogP contribution in [0.4, 0.5) is 23.5 Å². The van der Waals surface area contributed by atoms with Crippen LogP contribution in [0, 0.1) is 0 Å². The van der Waals surface area contributed by atoms with Gasteiger partial charge in [-0.15, -0.1) is 0 Å². The summed E-state index contributed by atoms with van der Waals surface area (Å²) in [4.78, 5) is 14.0. The molecule has 31 heavy (non-hydrogen) atoms. The van der Waals surface area contributed by atoms with E-state index in [1.807, 2.05) is 24.3 Å². The molecule has 8 heteroatoms. The van der Waals surface area contributed by atoms with Crippen molar-refractivity contribution in [2.45, 2.75) is 82.3 Å². The maximum Gasteiger partial charge on any atom is 0.233 e. The Morgan fingerprint density at radius 3 is 1.87 bits per heavy atom. The van der Waals surface area contributed by atoms with Gasteiger partial charge < -0.3 is 20.7 Å². The third kappa shape index (κ3) is 6.43. The molecule has 167 valence electrons. The maximum atomic E-state index is 7.93. The van der Waals surface area contributed by atoms with E-state index in [4.69, 9.17) is 10.5 Å². The van der Waals surface area contributed by atoms with Crippen molar-refractivity contribution in [2.75, 3.05) is 23.1 Å². The molecule has 2 aromatic rings. The van der Waals surface area contributed by atoms with Gasteiger partial charge in [-0.25, -0.2) is 0 Å². The molecule has 2 aliphatic rings. The van der Waals surface area contributed by atoms with E-state index >= 15 is 0 Å². The fourth-order valence-electron chi connectivity index (χ4n) is 4.39. The van der Waals surface area contributed by atoms with Crippen LogP contribution in [0.1, 0.15) is 64.2 Å². The fourth-order valence-corrected chi connectivity index (χ4v) is 4.39. The fraction of sp³-hybridized carbons (Fsp3) is 0.609. The number of anilines is 4. The second-order valence-corrected chi connectivity index (χ2v) is 8.69. The van der Waals surface area contributed by atoms with Crippen LogP contribution in [0.5, 0.6) is 5.75 Å². The highest BCUT2D eigenvalue weighted by Crippen LogP contribution is 2.24. The number of aromatic nitrogens is 3. The molecule has 0 saturated heterocycles. The normalized spacial score (nSPS) is 22.4. The topological polar surface area (TPSA) is 108 Å². The molecule has 0 aliphatic heterocycles. The van der Waals surface area contributed by atoms with Gasteiger partial charge in [0.15, 0.2) is 0 Å². The summed E-state index contributed by atoms with van der Waals surface area (Å²) in [5.41, 5.74) is 8.82. The largest absolute Gasteiger partial charge is 0.497 e. The van der Waals surface area contributed by atoms with Crippen LogP contribution in [-0.2, 0) is 0 Å². The third-order valence-corrected chi connectivity index (χ3v) is 6.23. The Morgan fingerprint density at radius 2 is 1.29 bits per heavy atom. The van der Waals surface area contributed by atoms with Crippen molar-refractivity contribution in [1.29, 1.82) is 0 Å². The predicted octanol–water partition coefficient (Wildman–Crippen LogP) is 4.76. The van der Waals surface area contributed by atoms with Crippen molar-refractivity contribution in [3.63, 3.8) is 0 Å². The molecule has 8 nitrogen and oxygen atoms in total. The highest BCUT2D eigenvalue weighted by atomic mass is 16.5. The summed E-state index contributed by atoms with van der Waals surface area (Å²) < 4.78 is 5.24. The summed E-state index contributed by atoms with van der Waals surface area (Å²) in [6.07, 6.45) is 11.2. The summed E-state index contributed by atoms with van der Waals surface area (Å²) in [5.74, 6) is 2.54. The van der Waals surface area contributed by atoms with E-state index in [-0.39, 0.29) is 6.04 Å². The van der Waals surface area contributed by atoms with Crippen molar-refractivity contribution >= 4 is 23.5 Å². The summed E-state index contributed by atoms with van der Waals surface area (Å²) in [6.45, 7) is 0. The van der Waals surface area contributed by atoms with Crippen molar-refractivity contribution < 1.29 is 4.74 Å². The molecule has 1 aromatic carbocycles. The van der Waals surface area contributed by atoms with E-state index in [2.05, 4.69) is 30.9 Å². The van der Waals surface area contributed by atoms with Crippen LogP contribution in [0.2, 0.25) is 0 Å². The number of nitrogens with zero attached hydrogens (tertiary/aromatic N) is 3. The number of ether oxygens (including phenoxy) is 1. The molecule has 0 spiro atoms. The first-order chi connectivity index (χ1) is 15.2. The van der Waals surface area contributed by atoms with Crippen molar-refractivity contribution in [3.05, 3.63) is 24.3 Å². The zero-order chi connectivity index (χ0) is 21.5. The Hall–Kier alpha value is -2.61. The summed E-state index contributed by atoms with van der Waals surface area (Å²) >= 11 is 0. The molecule has 0 unspecified atom stereocenters. The predicted molar refractivity (Wildman–Crippen MR) is 124 cm³/mol. The lowest BCUT2D eigenvalue weighted by atomic mass is 9.92. The van der Waals surface area contributed by atoms with E-state index < -0.39 is 0 Å². The van der Waals surface area contributed by atoms with Crippen LogP contribution in [0.15, 0.2) is 24.3 Å². The Labute approximate surface area is 184 Å². The molecule has 0 atom stereocenters. The molecule has 2 aliphatic carbocycles. The molecule has 2 saturated carbocycles. The van der Waals surface area contributed by atoms with Gasteiger partial charge in [-0.1, -0.05) is 25.7 Å². The number of benzene rings is 1. The van der Waals surface area contributed by atoms with Gasteiger partial charge in [0.05, 0.1) is 7.11 Å². The minimum atomic E-state index is 0.0659. The van der Waals surface area contributed by atoms with Gasteiger partial charge in [0.25, 0.3) is 0 Å². The Kier molecular flexibility index (Phi) is 7.40. The molecule has 2 fully saturated rings. The zero-order valence-electron chi connectivity index (χ0n) is 18.4. The average molecular weight is 425 g/mol. The number of nitrogens with one attached hydrogen (secondary N) is 4. The van der Waals surface area contributed by atoms with Crippen molar-refractivity contribution in [2.24, 2.45) is 0 Å². The second-order valence-electron chi connectivity index (χ2n) is 8.69. The summed E-state index contributed by atoms with van der Waals surface area (Å²) in [6, 6.07) is 8.50. The van der Waals surface area contributed by atoms with Crippen LogP contribution in [0.3, 0.4) is 0 Å². The van der Waals surface area contributed by atoms with Gasteiger partial charge in [0, 0.05) is 23.8 Å². The first-order valence-corrected chi connectivity index (χ1v) is 11.6. The quantitative estimate of drug-likeness (QED) is 0.550. The minimum absolute atomic E-state index is 0.0659. The van der Waals surface area contributed by atoms with Crippen molar-refractivity contribution in [1.82, 2.24) is 20.7 Å². The number of hydrogen-bond acceptors (Lipinski definition) is 7. The van der Waals surface area contributed by atoms with E-state index in [1.165, 1.54) is 25.7 Å². The smallest absolute Gasteiger partial charge is 0.233 e. The maximum absolute atomic E-state index is 7.93. The summed E-state index contributed by atoms with van der Waals surface area (Å²) in [7, 11) is 1.66. The Bertz CT molecular complexity index is 813. The molecule has 0 amide bonds. The lowest BCUT2D eigenvalue weighted by molar-refractivity contribution is 0.402. The van der Waals surface area contributed by atoms with Crippen molar-refractivity contribution in [3.8, 4) is 5.75 Å². The molecule has 1 radical (unpaired) electrons. The van der Waals surface area contributed by atoms with E-state index in [1.54, 1.807) is 7.11 Å². The number of rotatable bonds is 7. The molecule has 4 N–H and O–H groups in total. The van der Waals surface area contributed by atoms with Gasteiger partial charge in [0.2, 0.25) is 17.8 Å². The lowest BCUT2D eigenvalue weighted by Gasteiger charge is -2.26. The number of hydrogen-bond donors (Lipinski definition) is 3. The van der Waals surface area contributed by atoms with Gasteiger partial charge in [-0.2, -0.15) is 15.0 Å². The Morgan fingerprint density at radius 1 is 0.742 bits per heavy atom.